The molecule has 8 nitrogen and oxygen atoms in total. The first kappa shape index (κ1) is 16.0. The summed E-state index contributed by atoms with van der Waals surface area (Å²) in [5.41, 5.74) is 12.7. The number of carbonyl (C=O) groups excluding carboxylic acids is 1. The lowest BCUT2D eigenvalue weighted by Gasteiger charge is -2.07. The van der Waals surface area contributed by atoms with Gasteiger partial charge >= 0.3 is 5.97 Å². The highest BCUT2D eigenvalue weighted by atomic mass is 16.7. The number of nitrogen functional groups attached to an aromatic ring is 1. The maximum absolute atomic E-state index is 11.9. The maximum atomic E-state index is 11.9. The molecule has 0 aliphatic heterocycles. The molecule has 8 heteroatoms. The summed E-state index contributed by atoms with van der Waals surface area (Å²) in [4.78, 5) is 26.9. The van der Waals surface area contributed by atoms with Gasteiger partial charge in [-0.3, -0.25) is 10.1 Å². The van der Waals surface area contributed by atoms with Crippen LogP contribution in [0.25, 0.3) is 0 Å². The van der Waals surface area contributed by atoms with Crippen molar-refractivity contribution in [3.63, 3.8) is 0 Å². The van der Waals surface area contributed by atoms with E-state index >= 15 is 0 Å². The minimum absolute atomic E-state index is 0.0539. The zero-order valence-electron chi connectivity index (χ0n) is 12.2. The van der Waals surface area contributed by atoms with Crippen LogP contribution in [0.4, 0.5) is 11.4 Å². The number of nitrogens with zero attached hydrogens (tertiary/aromatic N) is 2. The predicted octanol–water partition coefficient (Wildman–Crippen LogP) is 1.96. The van der Waals surface area contributed by atoms with E-state index in [0.29, 0.717) is 16.8 Å². The molecule has 0 aliphatic rings. The van der Waals surface area contributed by atoms with Crippen LogP contribution in [-0.4, -0.2) is 16.7 Å². The molecule has 0 atom stereocenters. The van der Waals surface area contributed by atoms with Gasteiger partial charge in [0, 0.05) is 17.3 Å². The van der Waals surface area contributed by atoms with Gasteiger partial charge in [-0.25, -0.2) is 4.79 Å². The number of anilines is 1. The Morgan fingerprint density at radius 2 is 1.83 bits per heavy atom. The molecule has 0 aromatic heterocycles. The molecule has 118 valence electrons. The van der Waals surface area contributed by atoms with Gasteiger partial charge < -0.3 is 16.3 Å². The first-order valence-electron chi connectivity index (χ1n) is 6.55. The third kappa shape index (κ3) is 3.43. The quantitative estimate of drug-likeness (QED) is 0.221. The molecule has 0 aliphatic carbocycles. The molecule has 2 aromatic rings. The molecular formula is C15H14N4O4. The summed E-state index contributed by atoms with van der Waals surface area (Å²) in [6.07, 6.45) is 0. The number of hydrogen-bond donors (Lipinski definition) is 2. The summed E-state index contributed by atoms with van der Waals surface area (Å²) in [5, 5.41) is 14.4. The Morgan fingerprint density at radius 3 is 2.52 bits per heavy atom. The Balaban J connectivity index is 2.24. The molecule has 4 N–H and O–H groups in total. The number of oxime groups is 1. The number of para-hydroxylation sites is 1. The Kier molecular flexibility index (Phi) is 4.55. The molecule has 0 heterocycles. The van der Waals surface area contributed by atoms with E-state index in [1.807, 2.05) is 0 Å². The van der Waals surface area contributed by atoms with E-state index in [9.17, 15) is 14.9 Å². The van der Waals surface area contributed by atoms with E-state index < -0.39 is 10.9 Å². The topological polar surface area (TPSA) is 134 Å². The highest BCUT2D eigenvalue weighted by molar-refractivity contribution is 6.00. The number of nitro benzene ring substituents is 1. The molecular weight excluding hydrogens is 300 g/mol. The number of amidine groups is 1. The normalized spacial score (nSPS) is 11.1. The largest absolute Gasteiger partial charge is 0.398 e. The van der Waals surface area contributed by atoms with Gasteiger partial charge in [0.05, 0.1) is 4.92 Å². The Hall–Kier alpha value is -3.42. The second kappa shape index (κ2) is 6.56. The summed E-state index contributed by atoms with van der Waals surface area (Å²) in [5.74, 6) is -1.02. The first-order valence-corrected chi connectivity index (χ1v) is 6.55. The molecule has 23 heavy (non-hydrogen) atoms. The average molecular weight is 314 g/mol. The van der Waals surface area contributed by atoms with Gasteiger partial charge in [0.25, 0.3) is 5.69 Å². The van der Waals surface area contributed by atoms with Gasteiger partial charge in [-0.1, -0.05) is 29.4 Å². The fraction of sp³-hybridized carbons (Fsp3) is 0.0667. The van der Waals surface area contributed by atoms with E-state index in [1.54, 1.807) is 25.1 Å². The lowest BCUT2D eigenvalue weighted by atomic mass is 10.1. The van der Waals surface area contributed by atoms with Crippen LogP contribution in [-0.2, 0) is 4.84 Å². The average Bonchev–Trinajstić information content (AvgIpc) is 2.54. The van der Waals surface area contributed by atoms with Gasteiger partial charge in [0.2, 0.25) is 0 Å². The highest BCUT2D eigenvalue weighted by Gasteiger charge is 2.21. The standard InChI is InChI=1S/C15H14N4O4/c1-9-10(6-4-7-12(9)16)14(17)18-23-15(20)11-5-2-3-8-13(11)19(21)22/h2-8H,16H2,1H3,(H2,17,18). The van der Waals surface area contributed by atoms with Crippen molar-refractivity contribution in [2.75, 3.05) is 5.73 Å². The molecule has 0 saturated carbocycles. The summed E-state index contributed by atoms with van der Waals surface area (Å²) < 4.78 is 0. The Morgan fingerprint density at radius 1 is 1.17 bits per heavy atom. The van der Waals surface area contributed by atoms with Crippen molar-refractivity contribution in [2.24, 2.45) is 10.9 Å². The van der Waals surface area contributed by atoms with Gasteiger partial charge in [-0.15, -0.1) is 0 Å². The fourth-order valence-corrected chi connectivity index (χ4v) is 1.93. The van der Waals surface area contributed by atoms with Crippen LogP contribution in [0, 0.1) is 17.0 Å². The molecule has 0 bridgehead atoms. The smallest absolute Gasteiger partial charge is 0.372 e. The molecule has 2 aromatic carbocycles. The zero-order chi connectivity index (χ0) is 17.0. The third-order valence-electron chi connectivity index (χ3n) is 3.20. The van der Waals surface area contributed by atoms with Crippen molar-refractivity contribution in [1.82, 2.24) is 0 Å². The number of rotatable bonds is 4. The number of benzene rings is 2. The van der Waals surface area contributed by atoms with Crippen LogP contribution in [0.2, 0.25) is 0 Å². The molecule has 0 fully saturated rings. The van der Waals surface area contributed by atoms with Crippen molar-refractivity contribution in [3.05, 3.63) is 69.3 Å². The summed E-state index contributed by atoms with van der Waals surface area (Å²) in [7, 11) is 0. The highest BCUT2D eigenvalue weighted by Crippen LogP contribution is 2.19. The van der Waals surface area contributed by atoms with Gasteiger partial charge in [-0.05, 0) is 24.6 Å². The van der Waals surface area contributed by atoms with Crippen LogP contribution < -0.4 is 11.5 Å². The van der Waals surface area contributed by atoms with Gasteiger partial charge in [0.1, 0.15) is 5.56 Å². The summed E-state index contributed by atoms with van der Waals surface area (Å²) >= 11 is 0. The second-order valence-electron chi connectivity index (χ2n) is 4.65. The Labute approximate surface area is 131 Å². The van der Waals surface area contributed by atoms with Crippen molar-refractivity contribution in [1.29, 1.82) is 0 Å². The number of nitrogens with two attached hydrogens (primary N) is 2. The minimum Gasteiger partial charge on any atom is -0.398 e. The van der Waals surface area contributed by atoms with E-state index in [0.717, 1.165) is 0 Å². The molecule has 0 spiro atoms. The predicted molar refractivity (Wildman–Crippen MR) is 84.8 cm³/mol. The minimum atomic E-state index is -0.971. The molecule has 2 rings (SSSR count). The summed E-state index contributed by atoms with van der Waals surface area (Å²) in [6, 6.07) is 10.5. The van der Waals surface area contributed by atoms with Crippen LogP contribution in [0.15, 0.2) is 47.6 Å². The molecule has 0 radical (unpaired) electrons. The fourth-order valence-electron chi connectivity index (χ4n) is 1.93. The van der Waals surface area contributed by atoms with Crippen LogP contribution in [0.1, 0.15) is 21.5 Å². The van der Waals surface area contributed by atoms with Crippen LogP contribution in [0.5, 0.6) is 0 Å². The molecule has 0 unspecified atom stereocenters. The van der Waals surface area contributed by atoms with Crippen molar-refractivity contribution >= 4 is 23.2 Å². The second-order valence-corrected chi connectivity index (χ2v) is 4.65. The third-order valence-corrected chi connectivity index (χ3v) is 3.20. The number of hydrogen-bond acceptors (Lipinski definition) is 6. The van der Waals surface area contributed by atoms with Crippen LogP contribution in [0.3, 0.4) is 0 Å². The van der Waals surface area contributed by atoms with E-state index in [2.05, 4.69) is 5.16 Å². The van der Waals surface area contributed by atoms with Gasteiger partial charge in [-0.2, -0.15) is 0 Å². The molecule has 0 saturated heterocycles. The van der Waals surface area contributed by atoms with E-state index in [4.69, 9.17) is 16.3 Å². The van der Waals surface area contributed by atoms with Crippen LogP contribution >= 0.6 is 0 Å². The lowest BCUT2D eigenvalue weighted by Crippen LogP contribution is -2.17. The zero-order valence-corrected chi connectivity index (χ0v) is 12.2. The Bertz CT molecular complexity index is 802. The van der Waals surface area contributed by atoms with E-state index in [-0.39, 0.29) is 17.1 Å². The molecule has 0 amide bonds. The van der Waals surface area contributed by atoms with Crippen molar-refractivity contribution < 1.29 is 14.6 Å². The van der Waals surface area contributed by atoms with Crippen molar-refractivity contribution in [3.8, 4) is 0 Å². The van der Waals surface area contributed by atoms with E-state index in [1.165, 1.54) is 24.3 Å². The van der Waals surface area contributed by atoms with Crippen molar-refractivity contribution in [2.45, 2.75) is 6.92 Å². The SMILES string of the molecule is Cc1c(N)cccc1/C(N)=N/OC(=O)c1ccccc1[N+](=O)[O-]. The van der Waals surface area contributed by atoms with Gasteiger partial charge in [0.15, 0.2) is 5.84 Å². The first-order chi connectivity index (χ1) is 10.9. The number of nitro groups is 1. The monoisotopic (exact) mass is 314 g/mol. The lowest BCUT2D eigenvalue weighted by molar-refractivity contribution is -0.385. The maximum Gasteiger partial charge on any atom is 0.372 e. The number of carbonyl (C=O) groups is 1. The summed E-state index contributed by atoms with van der Waals surface area (Å²) in [6.45, 7) is 1.75.